The Bertz CT molecular complexity index is 1080. The third-order valence-corrected chi connectivity index (χ3v) is 9.32. The Morgan fingerprint density at radius 3 is 2.67 bits per heavy atom. The van der Waals surface area contributed by atoms with E-state index in [1.807, 2.05) is 36.5 Å². The molecule has 7 nitrogen and oxygen atoms in total. The summed E-state index contributed by atoms with van der Waals surface area (Å²) >= 11 is 0. The maximum atomic E-state index is 13.8. The van der Waals surface area contributed by atoms with E-state index in [1.54, 1.807) is 18.2 Å². The van der Waals surface area contributed by atoms with Gasteiger partial charge in [-0.2, -0.15) is 5.06 Å². The van der Waals surface area contributed by atoms with E-state index in [2.05, 4.69) is 37.1 Å². The highest BCUT2D eigenvalue weighted by molar-refractivity contribution is 5.83. The highest BCUT2D eigenvalue weighted by Crippen LogP contribution is 2.61. The van der Waals surface area contributed by atoms with Crippen LogP contribution in [0.4, 0.5) is 0 Å². The minimum atomic E-state index is -0.805. The summed E-state index contributed by atoms with van der Waals surface area (Å²) < 4.78 is 0. The Hall–Kier alpha value is -2.32. The number of aliphatic hydroxyl groups is 2. The summed E-state index contributed by atoms with van der Waals surface area (Å²) in [6, 6.07) is 11.4. The van der Waals surface area contributed by atoms with Gasteiger partial charge in [0.05, 0.1) is 19.3 Å². The van der Waals surface area contributed by atoms with E-state index in [9.17, 15) is 15.0 Å². The number of aliphatic hydroxyl groups excluding tert-OH is 2. The van der Waals surface area contributed by atoms with Gasteiger partial charge < -0.3 is 15.5 Å². The van der Waals surface area contributed by atoms with Gasteiger partial charge in [-0.25, -0.2) is 0 Å². The fourth-order valence-electron chi connectivity index (χ4n) is 7.05. The molecule has 1 aromatic heterocycles. The number of benzene rings is 1. The molecule has 2 aromatic rings. The average Bonchev–Trinajstić information content (AvgIpc) is 3.24. The van der Waals surface area contributed by atoms with Crippen molar-refractivity contribution in [2.45, 2.75) is 71.4 Å². The summed E-state index contributed by atoms with van der Waals surface area (Å²) in [6.45, 7) is 8.73. The number of aromatic nitrogens is 1. The van der Waals surface area contributed by atoms with Crippen molar-refractivity contribution in [2.75, 3.05) is 6.61 Å². The highest BCUT2D eigenvalue weighted by atomic mass is 16.7. The molecule has 3 unspecified atom stereocenters. The third kappa shape index (κ3) is 4.47. The molecule has 2 heterocycles. The molecule has 6 rings (SSSR count). The average molecular weight is 494 g/mol. The monoisotopic (exact) mass is 493 g/mol. The predicted molar refractivity (Wildman–Crippen MR) is 137 cm³/mol. The second-order valence-electron chi connectivity index (χ2n) is 11.7. The lowest BCUT2D eigenvalue weighted by molar-refractivity contribution is -0.183. The number of hydrogen-bond acceptors (Lipinski definition) is 6. The molecular formula is C29H39N3O4. The number of hydroxylamine groups is 2. The van der Waals surface area contributed by atoms with Crippen molar-refractivity contribution in [3.8, 4) is 11.1 Å². The van der Waals surface area contributed by atoms with Gasteiger partial charge in [0.25, 0.3) is 0 Å². The number of nitrogens with zero attached hydrogens (tertiary/aromatic N) is 2. The zero-order valence-corrected chi connectivity index (χ0v) is 21.7. The fraction of sp³-hybridized carbons (Fsp3) is 0.586. The van der Waals surface area contributed by atoms with Crippen LogP contribution in [0, 0.1) is 29.1 Å². The van der Waals surface area contributed by atoms with Crippen LogP contribution in [0.25, 0.3) is 11.1 Å². The van der Waals surface area contributed by atoms with Crippen LogP contribution < -0.4 is 5.32 Å². The first kappa shape index (κ1) is 25.3. The molecule has 0 spiro atoms. The lowest BCUT2D eigenvalue weighted by atomic mass is 9.45. The van der Waals surface area contributed by atoms with E-state index in [0.29, 0.717) is 29.7 Å². The Balaban J connectivity index is 1.36. The summed E-state index contributed by atoms with van der Waals surface area (Å²) in [5.74, 6) is 0.996. The second-order valence-corrected chi connectivity index (χ2v) is 11.7. The van der Waals surface area contributed by atoms with E-state index >= 15 is 0 Å². The molecule has 4 aliphatic rings. The summed E-state index contributed by atoms with van der Waals surface area (Å²) in [4.78, 5) is 24.1. The Morgan fingerprint density at radius 1 is 1.25 bits per heavy atom. The lowest BCUT2D eigenvalue weighted by Crippen LogP contribution is -2.62. The molecule has 36 heavy (non-hydrogen) atoms. The van der Waals surface area contributed by atoms with Crippen LogP contribution in [-0.2, 0) is 16.2 Å². The Morgan fingerprint density at radius 2 is 2.03 bits per heavy atom. The topological polar surface area (TPSA) is 94.9 Å². The van der Waals surface area contributed by atoms with E-state index < -0.39 is 24.2 Å². The zero-order valence-electron chi connectivity index (χ0n) is 21.7. The van der Waals surface area contributed by atoms with Crippen LogP contribution in [0.5, 0.6) is 0 Å². The van der Waals surface area contributed by atoms with Crippen molar-refractivity contribution in [1.29, 1.82) is 0 Å². The Kier molecular flexibility index (Phi) is 6.94. The molecule has 3 saturated carbocycles. The lowest BCUT2D eigenvalue weighted by Gasteiger charge is -2.62. The standard InChI is InChI=1S/C29H39N3O4/c1-17-23-12-22(29(23,3)4)13-24(17)31-28(35)27-26(18(2)34)25(16-33)36-32(27)15-19-7-5-8-20(11-19)21-9-6-10-30-14-21/h5-11,14,17-18,22-27,33-34H,12-13,15-16H2,1-4H3,(H,31,35)/t17?,18-,22+,23-,24?,25?,26+,27-/m0/s1. The van der Waals surface area contributed by atoms with Crippen LogP contribution in [0.15, 0.2) is 48.8 Å². The van der Waals surface area contributed by atoms with Gasteiger partial charge in [0.2, 0.25) is 5.91 Å². The molecule has 8 atom stereocenters. The van der Waals surface area contributed by atoms with Gasteiger partial charge in [-0.1, -0.05) is 45.0 Å². The number of pyridine rings is 1. The number of carbonyl (C=O) groups is 1. The molecule has 1 amide bonds. The maximum Gasteiger partial charge on any atom is 0.240 e. The summed E-state index contributed by atoms with van der Waals surface area (Å²) in [5.41, 5.74) is 3.36. The number of fused-ring (bicyclic) bond motifs is 2. The smallest absolute Gasteiger partial charge is 0.240 e. The highest BCUT2D eigenvalue weighted by Gasteiger charge is 2.57. The van der Waals surface area contributed by atoms with Gasteiger partial charge in [0.15, 0.2) is 0 Å². The van der Waals surface area contributed by atoms with E-state index in [-0.39, 0.29) is 18.6 Å². The fourth-order valence-corrected chi connectivity index (χ4v) is 7.05. The molecule has 3 N–H and O–H groups in total. The van der Waals surface area contributed by atoms with Gasteiger partial charge in [-0.15, -0.1) is 0 Å². The molecule has 2 bridgehead atoms. The quantitative estimate of drug-likeness (QED) is 0.547. The number of amides is 1. The van der Waals surface area contributed by atoms with Crippen molar-refractivity contribution in [3.63, 3.8) is 0 Å². The third-order valence-electron chi connectivity index (χ3n) is 9.32. The largest absolute Gasteiger partial charge is 0.394 e. The molecular weight excluding hydrogens is 454 g/mol. The minimum Gasteiger partial charge on any atom is -0.394 e. The first-order valence-electron chi connectivity index (χ1n) is 13.2. The molecule has 1 aliphatic heterocycles. The summed E-state index contributed by atoms with van der Waals surface area (Å²) in [6.07, 6.45) is 4.36. The van der Waals surface area contributed by atoms with Crippen LogP contribution >= 0.6 is 0 Å². The molecule has 1 aromatic carbocycles. The van der Waals surface area contributed by atoms with Crippen LogP contribution in [0.2, 0.25) is 0 Å². The van der Waals surface area contributed by atoms with Crippen LogP contribution in [0.3, 0.4) is 0 Å². The number of hydrogen-bond donors (Lipinski definition) is 3. The zero-order chi connectivity index (χ0) is 25.6. The van der Waals surface area contributed by atoms with Gasteiger partial charge >= 0.3 is 0 Å². The Labute approximate surface area is 213 Å². The normalized spacial score (nSPS) is 34.1. The minimum absolute atomic E-state index is 0.118. The first-order valence-corrected chi connectivity index (χ1v) is 13.2. The van der Waals surface area contributed by atoms with Gasteiger partial charge in [0.1, 0.15) is 12.1 Å². The number of rotatable bonds is 7. The number of carbonyl (C=O) groups excluding carboxylic acids is 1. The second kappa shape index (κ2) is 9.86. The van der Waals surface area contributed by atoms with Crippen molar-refractivity contribution in [1.82, 2.24) is 15.4 Å². The van der Waals surface area contributed by atoms with Crippen molar-refractivity contribution < 1.29 is 19.8 Å². The van der Waals surface area contributed by atoms with Crippen molar-refractivity contribution >= 4 is 5.91 Å². The van der Waals surface area contributed by atoms with E-state index in [4.69, 9.17) is 4.84 Å². The summed E-state index contributed by atoms with van der Waals surface area (Å²) in [5, 5.41) is 25.6. The first-order chi connectivity index (χ1) is 17.2. The van der Waals surface area contributed by atoms with E-state index in [0.717, 1.165) is 23.1 Å². The summed E-state index contributed by atoms with van der Waals surface area (Å²) in [7, 11) is 0. The molecule has 194 valence electrons. The molecule has 1 saturated heterocycles. The predicted octanol–water partition coefficient (Wildman–Crippen LogP) is 3.41. The maximum absolute atomic E-state index is 13.8. The SMILES string of the molecule is CC1C(NC(=O)[C@@H]2[C@H]([C@H](C)O)C(CO)ON2Cc2cccc(-c3cccnc3)c2)C[C@H]2C[C@@H]1C2(C)C. The van der Waals surface area contributed by atoms with Crippen LogP contribution in [0.1, 0.15) is 46.1 Å². The van der Waals surface area contributed by atoms with E-state index in [1.165, 1.54) is 6.42 Å². The van der Waals surface area contributed by atoms with Gasteiger partial charge in [-0.3, -0.25) is 14.6 Å². The van der Waals surface area contributed by atoms with Gasteiger partial charge in [-0.05, 0) is 71.8 Å². The molecule has 4 fully saturated rings. The van der Waals surface area contributed by atoms with Crippen molar-refractivity contribution in [2.24, 2.45) is 29.1 Å². The number of nitrogens with one attached hydrogen (secondary N) is 1. The van der Waals surface area contributed by atoms with Crippen LogP contribution in [-0.4, -0.2) is 57.1 Å². The molecule has 0 radical (unpaired) electrons. The molecule has 7 heteroatoms. The molecule has 3 aliphatic carbocycles. The van der Waals surface area contributed by atoms with Gasteiger partial charge in [0, 0.05) is 24.4 Å². The van der Waals surface area contributed by atoms with Crippen molar-refractivity contribution in [3.05, 3.63) is 54.4 Å².